The van der Waals surface area contributed by atoms with Crippen molar-refractivity contribution in [2.45, 2.75) is 32.5 Å². The van der Waals surface area contributed by atoms with Crippen molar-refractivity contribution in [3.8, 4) is 11.5 Å². The summed E-state index contributed by atoms with van der Waals surface area (Å²) >= 11 is 12.6. The zero-order valence-corrected chi connectivity index (χ0v) is 18.4. The van der Waals surface area contributed by atoms with Crippen LogP contribution in [0, 0.1) is 6.92 Å². The van der Waals surface area contributed by atoms with E-state index in [1.54, 1.807) is 6.07 Å². The largest absolute Gasteiger partial charge is 0.495 e. The summed E-state index contributed by atoms with van der Waals surface area (Å²) in [5.74, 6) is -0.665. The van der Waals surface area contributed by atoms with E-state index in [2.05, 4.69) is 0 Å². The number of rotatable bonds is 5. The summed E-state index contributed by atoms with van der Waals surface area (Å²) in [5, 5.41) is 0.717. The van der Waals surface area contributed by atoms with Crippen molar-refractivity contribution in [3.05, 3.63) is 62.1 Å². The number of carbonyl (C=O) groups excluding carboxylic acids is 1. The van der Waals surface area contributed by atoms with E-state index in [1.807, 2.05) is 13.0 Å². The van der Waals surface area contributed by atoms with Crippen LogP contribution in [-0.4, -0.2) is 32.0 Å². The van der Waals surface area contributed by atoms with E-state index in [-0.39, 0.29) is 24.3 Å². The predicted molar refractivity (Wildman–Crippen MR) is 112 cm³/mol. The number of aryl methyl sites for hydroxylation is 1. The Morgan fingerprint density at radius 3 is 2.45 bits per heavy atom. The van der Waals surface area contributed by atoms with Crippen LogP contribution in [0.1, 0.15) is 29.2 Å². The van der Waals surface area contributed by atoms with E-state index < -0.39 is 23.8 Å². The summed E-state index contributed by atoms with van der Waals surface area (Å²) < 4.78 is 56.0. The van der Waals surface area contributed by atoms with Crippen LogP contribution in [-0.2, 0) is 16.0 Å². The highest BCUT2D eigenvalue weighted by Gasteiger charge is 2.48. The summed E-state index contributed by atoms with van der Waals surface area (Å²) in [6.45, 7) is 3.31. The molecular formula is C22H19Cl2F3O4. The molecule has 3 rings (SSSR count). The van der Waals surface area contributed by atoms with Crippen molar-refractivity contribution in [2.24, 2.45) is 0 Å². The van der Waals surface area contributed by atoms with Crippen LogP contribution in [0.2, 0.25) is 10.0 Å². The SMILES string of the molecule is CCOC(=O)C1=Cc2cc(Cl)c(Cc3cc(C)cc(Cl)c3OC)cc2OC1C(F)(F)F. The number of hydrogen-bond acceptors (Lipinski definition) is 4. The first kappa shape index (κ1) is 23.3. The van der Waals surface area contributed by atoms with Crippen molar-refractivity contribution >= 4 is 35.2 Å². The Morgan fingerprint density at radius 2 is 1.84 bits per heavy atom. The molecule has 0 saturated heterocycles. The molecule has 1 aliphatic rings. The first-order valence-electron chi connectivity index (χ1n) is 9.32. The van der Waals surface area contributed by atoms with Crippen LogP contribution in [0.15, 0.2) is 29.8 Å². The van der Waals surface area contributed by atoms with Gasteiger partial charge in [0.15, 0.2) is 0 Å². The standard InChI is InChI=1S/C22H19Cl2F3O4/c1-4-30-21(28)15-8-13-9-16(23)12(10-18(13)31-20(15)22(25,26)27)7-14-5-11(2)6-17(24)19(14)29-3/h5-6,8-10,20H,4,7H2,1-3H3. The third-order valence-electron chi connectivity index (χ3n) is 4.68. The molecule has 0 fully saturated rings. The van der Waals surface area contributed by atoms with E-state index in [0.717, 1.165) is 17.2 Å². The fourth-order valence-electron chi connectivity index (χ4n) is 3.38. The Labute approximate surface area is 187 Å². The molecule has 31 heavy (non-hydrogen) atoms. The van der Waals surface area contributed by atoms with Crippen LogP contribution < -0.4 is 9.47 Å². The number of hydrogen-bond donors (Lipinski definition) is 0. The average Bonchev–Trinajstić information content (AvgIpc) is 2.67. The molecule has 2 aromatic carbocycles. The summed E-state index contributed by atoms with van der Waals surface area (Å²) in [4.78, 5) is 12.1. The van der Waals surface area contributed by atoms with Gasteiger partial charge >= 0.3 is 12.1 Å². The molecule has 0 aliphatic carbocycles. The van der Waals surface area contributed by atoms with Crippen molar-refractivity contribution in [2.75, 3.05) is 13.7 Å². The van der Waals surface area contributed by atoms with E-state index >= 15 is 0 Å². The molecule has 1 heterocycles. The minimum Gasteiger partial charge on any atom is -0.495 e. The highest BCUT2D eigenvalue weighted by atomic mass is 35.5. The van der Waals surface area contributed by atoms with Gasteiger partial charge in [-0.25, -0.2) is 4.79 Å². The van der Waals surface area contributed by atoms with Crippen LogP contribution in [0.3, 0.4) is 0 Å². The molecule has 1 unspecified atom stereocenters. The van der Waals surface area contributed by atoms with Gasteiger partial charge in [0.25, 0.3) is 0 Å². The molecular weight excluding hydrogens is 456 g/mol. The van der Waals surface area contributed by atoms with Crippen LogP contribution in [0.5, 0.6) is 11.5 Å². The van der Waals surface area contributed by atoms with Gasteiger partial charge in [-0.05, 0) is 49.2 Å². The van der Waals surface area contributed by atoms with Crippen molar-refractivity contribution in [1.82, 2.24) is 0 Å². The molecule has 0 saturated carbocycles. The van der Waals surface area contributed by atoms with Gasteiger partial charge < -0.3 is 14.2 Å². The van der Waals surface area contributed by atoms with E-state index in [9.17, 15) is 18.0 Å². The number of carbonyl (C=O) groups is 1. The zero-order chi connectivity index (χ0) is 22.9. The molecule has 0 radical (unpaired) electrons. The second-order valence-electron chi connectivity index (χ2n) is 6.96. The van der Waals surface area contributed by atoms with Gasteiger partial charge in [-0.3, -0.25) is 0 Å². The van der Waals surface area contributed by atoms with Gasteiger partial charge in [0, 0.05) is 22.6 Å². The Bertz CT molecular complexity index is 1050. The molecule has 2 aromatic rings. The van der Waals surface area contributed by atoms with Crippen LogP contribution in [0.25, 0.3) is 6.08 Å². The van der Waals surface area contributed by atoms with Crippen molar-refractivity contribution < 1.29 is 32.2 Å². The fraction of sp³-hybridized carbons (Fsp3) is 0.318. The molecule has 1 aliphatic heterocycles. The van der Waals surface area contributed by atoms with Crippen molar-refractivity contribution in [1.29, 1.82) is 0 Å². The van der Waals surface area contributed by atoms with Gasteiger partial charge in [0.2, 0.25) is 6.10 Å². The Kier molecular flexibility index (Phi) is 6.76. The smallest absolute Gasteiger partial charge is 0.430 e. The summed E-state index contributed by atoms with van der Waals surface area (Å²) in [6.07, 6.45) is -5.88. The summed E-state index contributed by atoms with van der Waals surface area (Å²) in [5.41, 5.74) is 1.77. The quantitative estimate of drug-likeness (QED) is 0.486. The molecule has 0 N–H and O–H groups in total. The maximum Gasteiger partial charge on any atom is 0.430 e. The first-order chi connectivity index (χ1) is 14.5. The first-order valence-corrected chi connectivity index (χ1v) is 10.1. The average molecular weight is 475 g/mol. The lowest BCUT2D eigenvalue weighted by Crippen LogP contribution is -2.40. The minimum atomic E-state index is -4.80. The van der Waals surface area contributed by atoms with Gasteiger partial charge in [0.1, 0.15) is 11.5 Å². The molecule has 166 valence electrons. The predicted octanol–water partition coefficient (Wildman–Crippen LogP) is 6.17. The van der Waals surface area contributed by atoms with Gasteiger partial charge in [-0.2, -0.15) is 13.2 Å². The van der Waals surface area contributed by atoms with E-state index in [0.29, 0.717) is 21.4 Å². The summed E-state index contributed by atoms with van der Waals surface area (Å²) in [6, 6.07) is 6.50. The number of fused-ring (bicyclic) bond motifs is 1. The molecule has 0 amide bonds. The van der Waals surface area contributed by atoms with Crippen LogP contribution >= 0.6 is 23.2 Å². The molecule has 0 spiro atoms. The maximum atomic E-state index is 13.6. The third-order valence-corrected chi connectivity index (χ3v) is 5.31. The number of benzene rings is 2. The normalized spacial score (nSPS) is 15.6. The number of ether oxygens (including phenoxy) is 3. The van der Waals surface area contributed by atoms with Gasteiger partial charge in [-0.1, -0.05) is 29.3 Å². The topological polar surface area (TPSA) is 44.8 Å². The fourth-order valence-corrected chi connectivity index (χ4v) is 3.99. The Morgan fingerprint density at radius 1 is 1.13 bits per heavy atom. The molecule has 1 atom stereocenters. The van der Waals surface area contributed by atoms with E-state index in [4.69, 9.17) is 37.4 Å². The van der Waals surface area contributed by atoms with Gasteiger partial charge in [0.05, 0.1) is 24.3 Å². The maximum absolute atomic E-state index is 13.6. The summed E-state index contributed by atoms with van der Waals surface area (Å²) in [7, 11) is 1.48. The Balaban J connectivity index is 2.05. The monoisotopic (exact) mass is 474 g/mol. The van der Waals surface area contributed by atoms with E-state index in [1.165, 1.54) is 26.2 Å². The zero-order valence-electron chi connectivity index (χ0n) is 16.9. The lowest BCUT2D eigenvalue weighted by atomic mass is 9.97. The van der Waals surface area contributed by atoms with Crippen molar-refractivity contribution in [3.63, 3.8) is 0 Å². The second kappa shape index (κ2) is 9.01. The lowest BCUT2D eigenvalue weighted by Gasteiger charge is -2.28. The number of halogens is 5. The second-order valence-corrected chi connectivity index (χ2v) is 7.77. The highest BCUT2D eigenvalue weighted by molar-refractivity contribution is 6.32. The number of alkyl halides is 3. The third kappa shape index (κ3) is 4.93. The Hall–Kier alpha value is -2.38. The van der Waals surface area contributed by atoms with Gasteiger partial charge in [-0.15, -0.1) is 0 Å². The lowest BCUT2D eigenvalue weighted by molar-refractivity contribution is -0.187. The number of methoxy groups -OCH3 is 1. The molecule has 4 nitrogen and oxygen atoms in total. The minimum absolute atomic E-state index is 0.0347. The van der Waals surface area contributed by atoms with Crippen LogP contribution in [0.4, 0.5) is 13.2 Å². The molecule has 0 bridgehead atoms. The number of esters is 1. The molecule has 9 heteroatoms. The highest BCUT2D eigenvalue weighted by Crippen LogP contribution is 2.41. The molecule has 0 aromatic heterocycles.